The van der Waals surface area contributed by atoms with E-state index in [1.807, 2.05) is 24.9 Å². The molecule has 102 valence electrons. The third-order valence-electron chi connectivity index (χ3n) is 3.59. The minimum absolute atomic E-state index is 0.780. The predicted octanol–water partition coefficient (Wildman–Crippen LogP) is 0.313. The van der Waals surface area contributed by atoms with E-state index in [9.17, 15) is 0 Å². The fraction of sp³-hybridized carbons (Fsp3) is 0.583. The Labute approximate surface area is 112 Å². The van der Waals surface area contributed by atoms with E-state index in [1.165, 1.54) is 0 Å². The second kappa shape index (κ2) is 5.00. The van der Waals surface area contributed by atoms with Crippen LogP contribution in [0.5, 0.6) is 0 Å². The summed E-state index contributed by atoms with van der Waals surface area (Å²) < 4.78 is 1.84. The molecule has 1 aliphatic rings. The molecule has 0 spiro atoms. The first-order chi connectivity index (χ1) is 9.25. The molecular formula is C12H19N7. The first-order valence-corrected chi connectivity index (χ1v) is 6.63. The van der Waals surface area contributed by atoms with Gasteiger partial charge in [0.25, 0.3) is 0 Å². The fourth-order valence-corrected chi connectivity index (χ4v) is 2.29. The highest BCUT2D eigenvalue weighted by atomic mass is 15.4. The van der Waals surface area contributed by atoms with Crippen LogP contribution in [0.1, 0.15) is 12.1 Å². The lowest BCUT2D eigenvalue weighted by Crippen LogP contribution is -2.28. The van der Waals surface area contributed by atoms with Gasteiger partial charge in [0.1, 0.15) is 0 Å². The zero-order chi connectivity index (χ0) is 13.2. The van der Waals surface area contributed by atoms with E-state index in [4.69, 9.17) is 0 Å². The van der Waals surface area contributed by atoms with Crippen LogP contribution in [0.4, 0.5) is 5.95 Å². The molecule has 0 radical (unpaired) electrons. The van der Waals surface area contributed by atoms with Crippen molar-refractivity contribution in [2.45, 2.75) is 13.3 Å². The SMILES string of the molecule is Cc1c(-c2nc(N3CCCNCC3)n[nH]2)cnn1C. The quantitative estimate of drug-likeness (QED) is 0.814. The van der Waals surface area contributed by atoms with Crippen LogP contribution in [-0.4, -0.2) is 51.1 Å². The Hall–Kier alpha value is -1.89. The van der Waals surface area contributed by atoms with Crippen molar-refractivity contribution in [3.8, 4) is 11.4 Å². The van der Waals surface area contributed by atoms with Crippen LogP contribution in [0.25, 0.3) is 11.4 Å². The molecule has 0 unspecified atom stereocenters. The number of nitrogens with zero attached hydrogens (tertiary/aromatic N) is 5. The average molecular weight is 261 g/mol. The molecule has 1 fully saturated rings. The maximum absolute atomic E-state index is 4.60. The van der Waals surface area contributed by atoms with Gasteiger partial charge in [-0.1, -0.05) is 0 Å². The van der Waals surface area contributed by atoms with Crippen molar-refractivity contribution in [1.29, 1.82) is 0 Å². The first-order valence-electron chi connectivity index (χ1n) is 6.63. The number of hydrogen-bond donors (Lipinski definition) is 2. The molecule has 19 heavy (non-hydrogen) atoms. The van der Waals surface area contributed by atoms with E-state index in [1.54, 1.807) is 0 Å². The summed E-state index contributed by atoms with van der Waals surface area (Å²) in [4.78, 5) is 6.81. The second-order valence-electron chi connectivity index (χ2n) is 4.84. The molecular weight excluding hydrogens is 242 g/mol. The molecule has 3 rings (SSSR count). The number of aromatic amines is 1. The Morgan fingerprint density at radius 1 is 1.26 bits per heavy atom. The number of H-pyrrole nitrogens is 1. The summed E-state index contributed by atoms with van der Waals surface area (Å²) in [5.41, 5.74) is 2.09. The third kappa shape index (κ3) is 2.33. The molecule has 1 saturated heterocycles. The molecule has 2 aromatic rings. The van der Waals surface area contributed by atoms with Gasteiger partial charge < -0.3 is 10.2 Å². The maximum atomic E-state index is 4.60. The molecule has 0 aromatic carbocycles. The molecule has 2 N–H and O–H groups in total. The van der Waals surface area contributed by atoms with E-state index in [2.05, 4.69) is 30.5 Å². The van der Waals surface area contributed by atoms with Crippen molar-refractivity contribution in [2.24, 2.45) is 7.05 Å². The Balaban J connectivity index is 1.84. The van der Waals surface area contributed by atoms with Crippen LogP contribution in [0, 0.1) is 6.92 Å². The summed E-state index contributed by atoms with van der Waals surface area (Å²) in [6.45, 7) is 6.02. The highest BCUT2D eigenvalue weighted by molar-refractivity contribution is 5.58. The zero-order valence-electron chi connectivity index (χ0n) is 11.3. The minimum atomic E-state index is 0.780. The fourth-order valence-electron chi connectivity index (χ4n) is 2.29. The van der Waals surface area contributed by atoms with Crippen molar-refractivity contribution >= 4 is 5.95 Å². The number of anilines is 1. The summed E-state index contributed by atoms with van der Waals surface area (Å²) in [5.74, 6) is 1.57. The van der Waals surface area contributed by atoms with Gasteiger partial charge in [0, 0.05) is 32.4 Å². The number of hydrogen-bond acceptors (Lipinski definition) is 5. The van der Waals surface area contributed by atoms with Crippen molar-refractivity contribution < 1.29 is 0 Å². The van der Waals surface area contributed by atoms with Crippen molar-refractivity contribution in [3.63, 3.8) is 0 Å². The summed E-state index contributed by atoms with van der Waals surface area (Å²) in [7, 11) is 1.93. The van der Waals surface area contributed by atoms with Gasteiger partial charge in [-0.25, -0.2) is 0 Å². The van der Waals surface area contributed by atoms with Gasteiger partial charge in [0.2, 0.25) is 5.95 Å². The smallest absolute Gasteiger partial charge is 0.245 e. The lowest BCUT2D eigenvalue weighted by Gasteiger charge is -2.16. The van der Waals surface area contributed by atoms with Crippen LogP contribution in [0.3, 0.4) is 0 Å². The molecule has 7 nitrogen and oxygen atoms in total. The van der Waals surface area contributed by atoms with Crippen molar-refractivity contribution in [3.05, 3.63) is 11.9 Å². The predicted molar refractivity (Wildman–Crippen MR) is 73.0 cm³/mol. The Bertz CT molecular complexity index is 548. The van der Waals surface area contributed by atoms with E-state index < -0.39 is 0 Å². The van der Waals surface area contributed by atoms with Crippen molar-refractivity contribution in [1.82, 2.24) is 30.3 Å². The van der Waals surface area contributed by atoms with Gasteiger partial charge in [-0.3, -0.25) is 9.78 Å². The van der Waals surface area contributed by atoms with Crippen molar-refractivity contribution in [2.75, 3.05) is 31.1 Å². The lowest BCUT2D eigenvalue weighted by molar-refractivity contribution is 0.724. The lowest BCUT2D eigenvalue weighted by atomic mass is 10.2. The van der Waals surface area contributed by atoms with E-state index in [0.717, 1.165) is 55.6 Å². The molecule has 7 heteroatoms. The summed E-state index contributed by atoms with van der Waals surface area (Å²) in [6, 6.07) is 0. The van der Waals surface area contributed by atoms with E-state index >= 15 is 0 Å². The van der Waals surface area contributed by atoms with Gasteiger partial charge >= 0.3 is 0 Å². The van der Waals surface area contributed by atoms with Gasteiger partial charge in [0.15, 0.2) is 5.82 Å². The Kier molecular flexibility index (Phi) is 3.20. The van der Waals surface area contributed by atoms with Gasteiger partial charge in [-0.05, 0) is 19.9 Å². The number of rotatable bonds is 2. The highest BCUT2D eigenvalue weighted by Crippen LogP contribution is 2.20. The molecule has 2 aromatic heterocycles. The largest absolute Gasteiger partial charge is 0.338 e. The molecule has 0 bridgehead atoms. The third-order valence-corrected chi connectivity index (χ3v) is 3.59. The second-order valence-corrected chi connectivity index (χ2v) is 4.84. The highest BCUT2D eigenvalue weighted by Gasteiger charge is 2.16. The van der Waals surface area contributed by atoms with Crippen LogP contribution in [-0.2, 0) is 7.05 Å². The number of aryl methyl sites for hydroxylation is 1. The minimum Gasteiger partial charge on any atom is -0.338 e. The number of aromatic nitrogens is 5. The molecule has 0 amide bonds. The van der Waals surface area contributed by atoms with E-state index in [0.29, 0.717) is 0 Å². The number of nitrogens with one attached hydrogen (secondary N) is 2. The summed E-state index contributed by atoms with van der Waals surface area (Å²) >= 11 is 0. The molecule has 1 aliphatic heterocycles. The standard InChI is InChI=1S/C12H19N7/c1-9-10(8-14-18(9)2)11-15-12(17-16-11)19-6-3-4-13-5-7-19/h8,13H,3-7H2,1-2H3,(H,15,16,17). The zero-order valence-corrected chi connectivity index (χ0v) is 11.3. The average Bonchev–Trinajstić information content (AvgIpc) is 2.90. The maximum Gasteiger partial charge on any atom is 0.245 e. The van der Waals surface area contributed by atoms with Gasteiger partial charge in [-0.2, -0.15) is 10.1 Å². The molecule has 3 heterocycles. The van der Waals surface area contributed by atoms with Crippen LogP contribution < -0.4 is 10.2 Å². The topological polar surface area (TPSA) is 74.7 Å². The summed E-state index contributed by atoms with van der Waals surface area (Å²) in [6.07, 6.45) is 2.94. The van der Waals surface area contributed by atoms with Gasteiger partial charge in [-0.15, -0.1) is 5.10 Å². The van der Waals surface area contributed by atoms with Crippen LogP contribution in [0.2, 0.25) is 0 Å². The molecule has 0 aliphatic carbocycles. The summed E-state index contributed by atoms with van der Waals surface area (Å²) in [5, 5.41) is 15.0. The van der Waals surface area contributed by atoms with E-state index in [-0.39, 0.29) is 0 Å². The Morgan fingerprint density at radius 2 is 2.16 bits per heavy atom. The Morgan fingerprint density at radius 3 is 2.95 bits per heavy atom. The molecule has 0 saturated carbocycles. The molecule has 0 atom stereocenters. The van der Waals surface area contributed by atoms with Crippen LogP contribution in [0.15, 0.2) is 6.20 Å². The normalized spacial score (nSPS) is 16.6. The van der Waals surface area contributed by atoms with Gasteiger partial charge in [0.05, 0.1) is 11.8 Å². The monoisotopic (exact) mass is 261 g/mol. The van der Waals surface area contributed by atoms with Crippen LogP contribution >= 0.6 is 0 Å². The first kappa shape index (κ1) is 12.2.